The van der Waals surface area contributed by atoms with E-state index in [9.17, 15) is 14.0 Å². The van der Waals surface area contributed by atoms with Gasteiger partial charge in [-0.15, -0.1) is 0 Å². The van der Waals surface area contributed by atoms with Gasteiger partial charge in [-0.1, -0.05) is 29.3 Å². The van der Waals surface area contributed by atoms with Crippen molar-refractivity contribution in [3.63, 3.8) is 0 Å². The number of anilines is 2. The minimum Gasteiger partial charge on any atom is -0.494 e. The van der Waals surface area contributed by atoms with Gasteiger partial charge in [0, 0.05) is 35.9 Å². The number of ether oxygens (including phenoxy) is 1. The van der Waals surface area contributed by atoms with E-state index in [1.807, 2.05) is 0 Å². The maximum Gasteiger partial charge on any atom is 0.259 e. The molecule has 3 aromatic rings. The fourth-order valence-electron chi connectivity index (χ4n) is 3.17. The van der Waals surface area contributed by atoms with E-state index in [-0.39, 0.29) is 39.2 Å². The van der Waals surface area contributed by atoms with Crippen molar-refractivity contribution in [2.45, 2.75) is 0 Å². The molecule has 2 heterocycles. The van der Waals surface area contributed by atoms with Gasteiger partial charge in [0.2, 0.25) is 0 Å². The molecule has 8 nitrogen and oxygen atoms in total. The lowest BCUT2D eigenvalue weighted by atomic mass is 10.1. The SMILES string of the molecule is COc1cc(Cl)cc(C(=O)Nc2ccc(Cl)cn2)c1NC(=O)c1ccc(C(=N)N2CC2)cc1F. The molecule has 34 heavy (non-hydrogen) atoms. The zero-order chi connectivity index (χ0) is 24.4. The zero-order valence-electron chi connectivity index (χ0n) is 17.8. The van der Waals surface area contributed by atoms with E-state index in [1.54, 1.807) is 11.0 Å². The van der Waals surface area contributed by atoms with Gasteiger partial charge < -0.3 is 20.3 Å². The van der Waals surface area contributed by atoms with Crippen LogP contribution in [-0.4, -0.2) is 47.7 Å². The lowest BCUT2D eigenvalue weighted by Gasteiger charge is -2.16. The first-order valence-electron chi connectivity index (χ1n) is 10.0. The summed E-state index contributed by atoms with van der Waals surface area (Å²) in [6, 6.07) is 9.74. The molecule has 4 rings (SSSR count). The molecular formula is C23H18Cl2FN5O3. The van der Waals surface area contributed by atoms with Crippen molar-refractivity contribution in [1.29, 1.82) is 5.41 Å². The second-order valence-electron chi connectivity index (χ2n) is 7.33. The summed E-state index contributed by atoms with van der Waals surface area (Å²) in [6.45, 7) is 1.49. The first-order chi connectivity index (χ1) is 16.3. The highest BCUT2D eigenvalue weighted by molar-refractivity contribution is 6.32. The number of amidine groups is 1. The molecule has 2 aromatic carbocycles. The quantitative estimate of drug-likeness (QED) is 0.258. The van der Waals surface area contributed by atoms with E-state index in [2.05, 4.69) is 15.6 Å². The number of carbonyl (C=O) groups excluding carboxylic acids is 2. The smallest absolute Gasteiger partial charge is 0.259 e. The normalized spacial score (nSPS) is 12.2. The predicted octanol–water partition coefficient (Wildman–Crippen LogP) is 4.68. The average Bonchev–Trinajstić information content (AvgIpc) is 3.66. The van der Waals surface area contributed by atoms with Gasteiger partial charge in [0.05, 0.1) is 28.9 Å². The monoisotopic (exact) mass is 501 g/mol. The highest BCUT2D eigenvalue weighted by Crippen LogP contribution is 2.33. The molecule has 2 amide bonds. The number of halogens is 3. The molecule has 1 aromatic heterocycles. The van der Waals surface area contributed by atoms with E-state index >= 15 is 0 Å². The van der Waals surface area contributed by atoms with E-state index in [0.29, 0.717) is 10.6 Å². The van der Waals surface area contributed by atoms with Crippen LogP contribution in [0.25, 0.3) is 0 Å². The molecule has 11 heteroatoms. The zero-order valence-corrected chi connectivity index (χ0v) is 19.3. The van der Waals surface area contributed by atoms with Crippen molar-refractivity contribution in [2.24, 2.45) is 0 Å². The summed E-state index contributed by atoms with van der Waals surface area (Å²) < 4.78 is 20.0. The number of nitrogens with zero attached hydrogens (tertiary/aromatic N) is 2. The molecule has 3 N–H and O–H groups in total. The number of hydrogen-bond acceptors (Lipinski definition) is 5. The van der Waals surface area contributed by atoms with Gasteiger partial charge in [-0.3, -0.25) is 15.0 Å². The van der Waals surface area contributed by atoms with Gasteiger partial charge in [0.25, 0.3) is 11.8 Å². The molecule has 1 aliphatic rings. The Morgan fingerprint density at radius 2 is 1.76 bits per heavy atom. The van der Waals surface area contributed by atoms with Gasteiger partial charge >= 0.3 is 0 Å². The molecule has 1 saturated heterocycles. The van der Waals surface area contributed by atoms with Crippen molar-refractivity contribution < 1.29 is 18.7 Å². The summed E-state index contributed by atoms with van der Waals surface area (Å²) in [5, 5.41) is 13.7. The maximum absolute atomic E-state index is 14.7. The van der Waals surface area contributed by atoms with E-state index < -0.39 is 17.6 Å². The molecular weight excluding hydrogens is 484 g/mol. The van der Waals surface area contributed by atoms with Crippen LogP contribution in [0.15, 0.2) is 48.7 Å². The van der Waals surface area contributed by atoms with Gasteiger partial charge in [0.1, 0.15) is 23.2 Å². The second-order valence-corrected chi connectivity index (χ2v) is 8.20. The van der Waals surface area contributed by atoms with Crippen LogP contribution in [-0.2, 0) is 0 Å². The summed E-state index contributed by atoms with van der Waals surface area (Å²) in [6.07, 6.45) is 1.37. The molecule has 0 bridgehead atoms. The van der Waals surface area contributed by atoms with Crippen LogP contribution in [0.3, 0.4) is 0 Å². The van der Waals surface area contributed by atoms with Crippen molar-refractivity contribution in [2.75, 3.05) is 30.8 Å². The highest BCUT2D eigenvalue weighted by Gasteiger charge is 2.25. The highest BCUT2D eigenvalue weighted by atomic mass is 35.5. The fraction of sp³-hybridized carbons (Fsp3) is 0.130. The van der Waals surface area contributed by atoms with E-state index in [1.165, 1.54) is 43.6 Å². The van der Waals surface area contributed by atoms with Crippen LogP contribution >= 0.6 is 23.2 Å². The molecule has 0 spiro atoms. The Morgan fingerprint density at radius 1 is 1.03 bits per heavy atom. The lowest BCUT2D eigenvalue weighted by molar-refractivity contribution is 0.102. The number of amides is 2. The second kappa shape index (κ2) is 9.66. The van der Waals surface area contributed by atoms with Crippen LogP contribution in [0.1, 0.15) is 26.3 Å². The molecule has 0 radical (unpaired) electrons. The molecule has 0 aliphatic carbocycles. The molecule has 1 aliphatic heterocycles. The van der Waals surface area contributed by atoms with Crippen LogP contribution in [0.5, 0.6) is 5.75 Å². The molecule has 0 atom stereocenters. The third-order valence-corrected chi connectivity index (χ3v) is 5.43. The van der Waals surface area contributed by atoms with Crippen LogP contribution in [0, 0.1) is 11.2 Å². The van der Waals surface area contributed by atoms with E-state index in [4.69, 9.17) is 33.3 Å². The molecule has 0 saturated carbocycles. The van der Waals surface area contributed by atoms with Crippen LogP contribution in [0.4, 0.5) is 15.9 Å². The van der Waals surface area contributed by atoms with Crippen LogP contribution in [0.2, 0.25) is 10.0 Å². The Bertz CT molecular complexity index is 1300. The number of nitrogens with one attached hydrogen (secondary N) is 3. The number of carbonyl (C=O) groups is 2. The number of hydrogen-bond donors (Lipinski definition) is 3. The van der Waals surface area contributed by atoms with Crippen LogP contribution < -0.4 is 15.4 Å². The number of pyridine rings is 1. The van der Waals surface area contributed by atoms with E-state index in [0.717, 1.165) is 19.2 Å². The third kappa shape index (κ3) is 5.11. The lowest BCUT2D eigenvalue weighted by Crippen LogP contribution is -2.20. The first-order valence-corrected chi connectivity index (χ1v) is 10.8. The van der Waals surface area contributed by atoms with Gasteiger partial charge in [-0.05, 0) is 30.3 Å². The van der Waals surface area contributed by atoms with Gasteiger partial charge in [-0.25, -0.2) is 9.37 Å². The molecule has 174 valence electrons. The number of benzene rings is 2. The number of methoxy groups -OCH3 is 1. The van der Waals surface area contributed by atoms with Gasteiger partial charge in [-0.2, -0.15) is 0 Å². The minimum atomic E-state index is -0.804. The molecule has 0 unspecified atom stereocenters. The Labute approximate surface area is 204 Å². The first kappa shape index (κ1) is 23.5. The summed E-state index contributed by atoms with van der Waals surface area (Å²) >= 11 is 12.0. The Kier molecular flexibility index (Phi) is 6.67. The van der Waals surface area contributed by atoms with Crippen molar-refractivity contribution in [3.05, 3.63) is 81.2 Å². The number of rotatable bonds is 6. The summed E-state index contributed by atoms with van der Waals surface area (Å²) in [5.41, 5.74) is 0.0923. The topological polar surface area (TPSA) is 107 Å². The maximum atomic E-state index is 14.7. The van der Waals surface area contributed by atoms with Gasteiger partial charge in [0.15, 0.2) is 0 Å². The Hall–Kier alpha value is -3.69. The van der Waals surface area contributed by atoms with Crippen molar-refractivity contribution in [3.8, 4) is 5.75 Å². The predicted molar refractivity (Wildman–Crippen MR) is 128 cm³/mol. The Balaban J connectivity index is 1.63. The average molecular weight is 502 g/mol. The third-order valence-electron chi connectivity index (χ3n) is 4.99. The number of aromatic nitrogens is 1. The largest absolute Gasteiger partial charge is 0.494 e. The van der Waals surface area contributed by atoms with Crippen molar-refractivity contribution >= 4 is 52.4 Å². The summed E-state index contributed by atoms with van der Waals surface area (Å²) in [4.78, 5) is 31.7. The summed E-state index contributed by atoms with van der Waals surface area (Å²) in [7, 11) is 1.35. The van der Waals surface area contributed by atoms with Crippen molar-refractivity contribution in [1.82, 2.24) is 9.88 Å². The Morgan fingerprint density at radius 3 is 2.38 bits per heavy atom. The minimum absolute atomic E-state index is 0.00340. The molecule has 1 fully saturated rings. The fourth-order valence-corrected chi connectivity index (χ4v) is 3.49. The standard InChI is InChI=1S/C23H18Cl2FN5O3/c1-34-18-10-14(25)9-16(23(33)29-19-5-3-13(24)11-28-19)20(18)30-22(32)15-4-2-12(8-17(15)26)21(27)31-6-7-31/h2-5,8-11,27H,6-7H2,1H3,(H,30,32)(H,28,29,33). The summed E-state index contributed by atoms with van der Waals surface area (Å²) in [5.74, 6) is -1.71.